The van der Waals surface area contributed by atoms with Gasteiger partial charge in [0.05, 0.1) is 12.0 Å². The molecule has 2 aromatic carbocycles. The highest BCUT2D eigenvalue weighted by Crippen LogP contribution is 2.27. The number of methoxy groups -OCH3 is 1. The number of sulfonamides is 1. The minimum atomic E-state index is -4.06. The third kappa shape index (κ3) is 3.42. The maximum atomic E-state index is 12.8. The Balaban J connectivity index is 2.51. The van der Waals surface area contributed by atoms with Crippen LogP contribution < -0.4 is 5.84 Å². The molecule has 0 aliphatic carbocycles. The molecule has 122 valence electrons. The molecule has 0 spiro atoms. The van der Waals surface area contributed by atoms with Crippen molar-refractivity contribution in [1.82, 2.24) is 4.41 Å². The average molecular weight is 334 g/mol. The van der Waals surface area contributed by atoms with Crippen molar-refractivity contribution in [2.24, 2.45) is 5.84 Å². The van der Waals surface area contributed by atoms with E-state index < -0.39 is 22.0 Å². The fourth-order valence-electron chi connectivity index (χ4n) is 2.23. The molecule has 0 saturated heterocycles. The van der Waals surface area contributed by atoms with E-state index in [0.717, 1.165) is 0 Å². The number of benzene rings is 2. The SMILES string of the molecule is COC(=O)C(c1ccccc1)N(N)S(=O)(=O)c1ccccc1C. The summed E-state index contributed by atoms with van der Waals surface area (Å²) < 4.78 is 30.8. The molecule has 1 unspecified atom stereocenters. The van der Waals surface area contributed by atoms with Crippen LogP contribution in [0.15, 0.2) is 59.5 Å². The molecule has 7 heteroatoms. The highest BCUT2D eigenvalue weighted by atomic mass is 32.2. The van der Waals surface area contributed by atoms with Crippen molar-refractivity contribution in [3.63, 3.8) is 0 Å². The largest absolute Gasteiger partial charge is 0.468 e. The van der Waals surface area contributed by atoms with Crippen LogP contribution in [0.4, 0.5) is 0 Å². The van der Waals surface area contributed by atoms with Gasteiger partial charge in [0, 0.05) is 0 Å². The van der Waals surface area contributed by atoms with Crippen LogP contribution >= 0.6 is 0 Å². The second-order valence-corrected chi connectivity index (χ2v) is 6.75. The molecule has 1 atom stereocenters. The molecule has 0 bridgehead atoms. The smallest absolute Gasteiger partial charge is 0.330 e. The first-order valence-electron chi connectivity index (χ1n) is 6.87. The Morgan fingerprint density at radius 3 is 2.22 bits per heavy atom. The molecular weight excluding hydrogens is 316 g/mol. The molecule has 0 aliphatic rings. The van der Waals surface area contributed by atoms with Crippen LogP contribution in [0.25, 0.3) is 0 Å². The topological polar surface area (TPSA) is 89.7 Å². The number of rotatable bonds is 5. The predicted molar refractivity (Wildman–Crippen MR) is 85.6 cm³/mol. The molecule has 0 aliphatic heterocycles. The minimum absolute atomic E-state index is 0.0485. The molecule has 0 aromatic heterocycles. The standard InChI is InChI=1S/C16H18N2O4S/c1-12-8-6-7-11-14(12)23(20,21)18(17)15(16(19)22-2)13-9-4-3-5-10-13/h3-11,15H,17H2,1-2H3. The van der Waals surface area contributed by atoms with Gasteiger partial charge in [-0.2, -0.15) is 0 Å². The number of carbonyl (C=O) groups is 1. The summed E-state index contributed by atoms with van der Waals surface area (Å²) in [5, 5.41) is 0. The van der Waals surface area contributed by atoms with Gasteiger partial charge in [-0.25, -0.2) is 13.2 Å². The first-order valence-corrected chi connectivity index (χ1v) is 8.31. The van der Waals surface area contributed by atoms with Crippen LogP contribution in [0, 0.1) is 6.92 Å². The number of hydrogen-bond donors (Lipinski definition) is 1. The number of esters is 1. The lowest BCUT2D eigenvalue weighted by Gasteiger charge is -2.25. The Bertz CT molecular complexity index is 791. The number of aryl methyl sites for hydroxylation is 1. The molecule has 2 rings (SSSR count). The summed E-state index contributed by atoms with van der Waals surface area (Å²) in [5.74, 6) is 5.10. The van der Waals surface area contributed by atoms with E-state index in [0.29, 0.717) is 15.5 Å². The van der Waals surface area contributed by atoms with Gasteiger partial charge in [-0.15, -0.1) is 4.41 Å². The lowest BCUT2D eigenvalue weighted by Crippen LogP contribution is -2.44. The van der Waals surface area contributed by atoms with Gasteiger partial charge in [0.1, 0.15) is 0 Å². The van der Waals surface area contributed by atoms with E-state index in [1.165, 1.54) is 13.2 Å². The van der Waals surface area contributed by atoms with Crippen molar-refractivity contribution in [2.75, 3.05) is 7.11 Å². The van der Waals surface area contributed by atoms with Crippen molar-refractivity contribution in [3.05, 3.63) is 65.7 Å². The Morgan fingerprint density at radius 1 is 1.09 bits per heavy atom. The average Bonchev–Trinajstić information content (AvgIpc) is 2.56. The second-order valence-electron chi connectivity index (χ2n) is 4.94. The number of nitrogens with zero attached hydrogens (tertiary/aromatic N) is 1. The summed E-state index contributed by atoms with van der Waals surface area (Å²) >= 11 is 0. The Kier molecular flexibility index (Phi) is 5.15. The quantitative estimate of drug-likeness (QED) is 0.511. The van der Waals surface area contributed by atoms with Gasteiger partial charge in [0.2, 0.25) is 0 Å². The van der Waals surface area contributed by atoms with Crippen molar-refractivity contribution >= 4 is 16.0 Å². The van der Waals surface area contributed by atoms with Crippen molar-refractivity contribution in [3.8, 4) is 0 Å². The first-order chi connectivity index (χ1) is 10.9. The highest BCUT2D eigenvalue weighted by molar-refractivity contribution is 7.89. The summed E-state index contributed by atoms with van der Waals surface area (Å²) in [7, 11) is -2.87. The van der Waals surface area contributed by atoms with Crippen LogP contribution in [-0.2, 0) is 19.6 Å². The Morgan fingerprint density at radius 2 is 1.65 bits per heavy atom. The van der Waals surface area contributed by atoms with E-state index >= 15 is 0 Å². The maximum absolute atomic E-state index is 12.8. The van der Waals surface area contributed by atoms with Crippen LogP contribution in [0.5, 0.6) is 0 Å². The minimum Gasteiger partial charge on any atom is -0.468 e. The molecule has 0 radical (unpaired) electrons. The molecule has 2 aromatic rings. The van der Waals surface area contributed by atoms with Crippen molar-refractivity contribution in [1.29, 1.82) is 0 Å². The predicted octanol–water partition coefficient (Wildman–Crippen LogP) is 1.77. The molecule has 0 amide bonds. The zero-order valence-corrected chi connectivity index (χ0v) is 13.7. The zero-order valence-electron chi connectivity index (χ0n) is 12.8. The number of hydrazine groups is 1. The fraction of sp³-hybridized carbons (Fsp3) is 0.188. The van der Waals surface area contributed by atoms with Crippen molar-refractivity contribution in [2.45, 2.75) is 17.9 Å². The Labute approximate surface area is 135 Å². The fourth-order valence-corrected chi connectivity index (χ4v) is 3.67. The van der Waals surface area contributed by atoms with E-state index in [2.05, 4.69) is 0 Å². The van der Waals surface area contributed by atoms with Crippen LogP contribution in [0.3, 0.4) is 0 Å². The molecule has 23 heavy (non-hydrogen) atoms. The molecule has 6 nitrogen and oxygen atoms in total. The third-order valence-electron chi connectivity index (χ3n) is 3.44. The summed E-state index contributed by atoms with van der Waals surface area (Å²) in [6.07, 6.45) is 0. The van der Waals surface area contributed by atoms with Gasteiger partial charge in [-0.05, 0) is 24.1 Å². The molecule has 2 N–H and O–H groups in total. The molecule has 0 saturated carbocycles. The Hall–Kier alpha value is -2.22. The van der Waals surface area contributed by atoms with Gasteiger partial charge in [0.15, 0.2) is 6.04 Å². The molecule has 0 fully saturated rings. The summed E-state index contributed by atoms with van der Waals surface area (Å²) in [6, 6.07) is 13.6. The lowest BCUT2D eigenvalue weighted by molar-refractivity contribution is -0.145. The van der Waals surface area contributed by atoms with E-state index in [1.807, 2.05) is 0 Å². The van der Waals surface area contributed by atoms with Crippen molar-refractivity contribution < 1.29 is 17.9 Å². The zero-order chi connectivity index (χ0) is 17.0. The highest BCUT2D eigenvalue weighted by Gasteiger charge is 2.36. The number of ether oxygens (including phenoxy) is 1. The second kappa shape index (κ2) is 6.91. The maximum Gasteiger partial charge on any atom is 0.330 e. The van der Waals surface area contributed by atoms with Gasteiger partial charge >= 0.3 is 5.97 Å². The number of hydrogen-bond acceptors (Lipinski definition) is 5. The van der Waals surface area contributed by atoms with Gasteiger partial charge in [-0.1, -0.05) is 48.5 Å². The monoisotopic (exact) mass is 334 g/mol. The molecular formula is C16H18N2O4S. The summed E-state index contributed by atoms with van der Waals surface area (Å²) in [5.41, 5.74) is 0.971. The van der Waals surface area contributed by atoms with Crippen LogP contribution in [0.2, 0.25) is 0 Å². The first kappa shape index (κ1) is 17.1. The van der Waals surface area contributed by atoms with Crippen LogP contribution in [0.1, 0.15) is 17.2 Å². The van der Waals surface area contributed by atoms with Gasteiger partial charge in [-0.3, -0.25) is 5.84 Å². The third-order valence-corrected chi connectivity index (χ3v) is 5.22. The van der Waals surface area contributed by atoms with Gasteiger partial charge < -0.3 is 4.74 Å². The van der Waals surface area contributed by atoms with E-state index in [-0.39, 0.29) is 4.90 Å². The number of nitrogens with two attached hydrogens (primary N) is 1. The normalized spacial score (nSPS) is 12.9. The molecule has 0 heterocycles. The summed E-state index contributed by atoms with van der Waals surface area (Å²) in [4.78, 5) is 12.2. The van der Waals surface area contributed by atoms with E-state index in [9.17, 15) is 13.2 Å². The van der Waals surface area contributed by atoms with E-state index in [1.54, 1.807) is 55.5 Å². The number of carbonyl (C=O) groups excluding carboxylic acids is 1. The summed E-state index contributed by atoms with van der Waals surface area (Å²) in [6.45, 7) is 1.66. The lowest BCUT2D eigenvalue weighted by atomic mass is 10.1. The van der Waals surface area contributed by atoms with E-state index in [4.69, 9.17) is 10.6 Å². The van der Waals surface area contributed by atoms with Gasteiger partial charge in [0.25, 0.3) is 10.0 Å². The van der Waals surface area contributed by atoms with Crippen LogP contribution in [-0.4, -0.2) is 25.9 Å².